The molecule has 0 aliphatic carbocycles. The van der Waals surface area contributed by atoms with Gasteiger partial charge in [-0.05, 0) is 66.6 Å². The van der Waals surface area contributed by atoms with E-state index in [-0.39, 0.29) is 17.9 Å². The maximum atomic E-state index is 13.6. The first kappa shape index (κ1) is 25.0. The molecular formula is C32H35N3O2. The Morgan fingerprint density at radius 2 is 1.62 bits per heavy atom. The third-order valence-electron chi connectivity index (χ3n) is 7.55. The summed E-state index contributed by atoms with van der Waals surface area (Å²) in [7, 11) is 0. The molecule has 5 heteroatoms. The summed E-state index contributed by atoms with van der Waals surface area (Å²) in [6.45, 7) is 5.31. The van der Waals surface area contributed by atoms with Gasteiger partial charge in [0, 0.05) is 56.6 Å². The number of carbonyl (C=O) groups excluding carboxylic acids is 2. The Kier molecular flexibility index (Phi) is 7.81. The maximum Gasteiger partial charge on any atom is 0.251 e. The summed E-state index contributed by atoms with van der Waals surface area (Å²) in [5.41, 5.74) is 5.41. The fourth-order valence-electron chi connectivity index (χ4n) is 5.53. The predicted molar refractivity (Wildman–Crippen MR) is 151 cm³/mol. The second-order valence-corrected chi connectivity index (χ2v) is 9.99. The van der Waals surface area contributed by atoms with Crippen LogP contribution in [0.3, 0.4) is 0 Å². The van der Waals surface area contributed by atoms with Crippen LogP contribution in [0.5, 0.6) is 0 Å². The number of amides is 2. The summed E-state index contributed by atoms with van der Waals surface area (Å²) < 4.78 is 0. The van der Waals surface area contributed by atoms with E-state index in [4.69, 9.17) is 0 Å². The molecule has 0 N–H and O–H groups in total. The number of piperidine rings is 1. The Labute approximate surface area is 220 Å². The highest BCUT2D eigenvalue weighted by molar-refractivity contribution is 6.04. The molecule has 3 aromatic carbocycles. The zero-order valence-electron chi connectivity index (χ0n) is 21.6. The van der Waals surface area contributed by atoms with Gasteiger partial charge < -0.3 is 14.7 Å². The zero-order chi connectivity index (χ0) is 25.6. The Morgan fingerprint density at radius 3 is 2.32 bits per heavy atom. The minimum absolute atomic E-state index is 0.00737. The van der Waals surface area contributed by atoms with Crippen LogP contribution in [0.4, 0.5) is 11.4 Å². The molecule has 190 valence electrons. The quantitative estimate of drug-likeness (QED) is 0.417. The second-order valence-electron chi connectivity index (χ2n) is 9.99. The smallest absolute Gasteiger partial charge is 0.251 e. The van der Waals surface area contributed by atoms with Gasteiger partial charge in [0.15, 0.2) is 0 Å². The van der Waals surface area contributed by atoms with Gasteiger partial charge in [-0.3, -0.25) is 9.59 Å². The third kappa shape index (κ3) is 6.00. The fourth-order valence-corrected chi connectivity index (χ4v) is 5.53. The third-order valence-corrected chi connectivity index (χ3v) is 7.55. The number of carbonyl (C=O) groups is 2. The molecule has 0 saturated carbocycles. The van der Waals surface area contributed by atoms with Crippen LogP contribution in [0.1, 0.15) is 36.5 Å². The number of rotatable bonds is 7. The van der Waals surface area contributed by atoms with Crippen molar-refractivity contribution in [3.8, 4) is 0 Å². The highest BCUT2D eigenvalue weighted by Gasteiger charge is 2.30. The summed E-state index contributed by atoms with van der Waals surface area (Å²) in [5, 5.41) is 0. The van der Waals surface area contributed by atoms with E-state index in [1.807, 2.05) is 58.3 Å². The Hall–Kier alpha value is -3.70. The van der Waals surface area contributed by atoms with Crippen molar-refractivity contribution in [2.45, 2.75) is 38.6 Å². The first-order valence-electron chi connectivity index (χ1n) is 13.3. The van der Waals surface area contributed by atoms with Gasteiger partial charge in [-0.25, -0.2) is 0 Å². The topological polar surface area (TPSA) is 43.9 Å². The molecule has 3 aromatic rings. The molecule has 37 heavy (non-hydrogen) atoms. The van der Waals surface area contributed by atoms with Crippen molar-refractivity contribution >= 4 is 29.3 Å². The SMILES string of the molecule is CC(=O)N1CCc2cc(N(C(=O)C=Cc3ccccc3)C3CCN(CCc4ccccc4)CC3)ccc21. The lowest BCUT2D eigenvalue weighted by atomic mass is 10.00. The molecule has 0 unspecified atom stereocenters. The van der Waals surface area contributed by atoms with E-state index in [1.165, 1.54) is 5.56 Å². The molecule has 5 rings (SSSR count). The largest absolute Gasteiger partial charge is 0.312 e. The highest BCUT2D eigenvalue weighted by atomic mass is 16.2. The highest BCUT2D eigenvalue weighted by Crippen LogP contribution is 2.34. The number of fused-ring (bicyclic) bond motifs is 1. The molecule has 2 aliphatic heterocycles. The van der Waals surface area contributed by atoms with Gasteiger partial charge in [0.1, 0.15) is 0 Å². The number of benzene rings is 3. The van der Waals surface area contributed by atoms with Gasteiger partial charge in [-0.15, -0.1) is 0 Å². The Morgan fingerprint density at radius 1 is 0.919 bits per heavy atom. The van der Waals surface area contributed by atoms with Crippen molar-refractivity contribution < 1.29 is 9.59 Å². The van der Waals surface area contributed by atoms with E-state index in [1.54, 1.807) is 13.0 Å². The lowest BCUT2D eigenvalue weighted by molar-refractivity contribution is -0.116. The normalized spacial score (nSPS) is 16.2. The molecule has 2 heterocycles. The maximum absolute atomic E-state index is 13.6. The van der Waals surface area contributed by atoms with Crippen molar-refractivity contribution in [2.75, 3.05) is 36.0 Å². The summed E-state index contributed by atoms with van der Waals surface area (Å²) in [5.74, 6) is 0.0704. The van der Waals surface area contributed by atoms with Crippen LogP contribution in [0.25, 0.3) is 6.08 Å². The fraction of sp³-hybridized carbons (Fsp3) is 0.312. The summed E-state index contributed by atoms with van der Waals surface area (Å²) in [4.78, 5) is 32.0. The molecule has 0 bridgehead atoms. The minimum atomic E-state index is 0.00737. The van der Waals surface area contributed by atoms with E-state index >= 15 is 0 Å². The molecule has 1 fully saturated rings. The minimum Gasteiger partial charge on any atom is -0.312 e. The standard InChI is InChI=1S/C32H35N3O2/c1-25(36)34-23-17-28-24-30(13-14-31(28)34)35(32(37)15-12-26-8-4-2-5-9-26)29-18-21-33(22-19-29)20-16-27-10-6-3-7-11-27/h2-15,24,29H,16-23H2,1H3. The monoisotopic (exact) mass is 493 g/mol. The van der Waals surface area contributed by atoms with Gasteiger partial charge in [-0.2, -0.15) is 0 Å². The first-order chi connectivity index (χ1) is 18.1. The lowest BCUT2D eigenvalue weighted by Gasteiger charge is -2.38. The van der Waals surface area contributed by atoms with Crippen molar-refractivity contribution in [3.05, 3.63) is 102 Å². The number of anilines is 2. The number of nitrogens with zero attached hydrogens (tertiary/aromatic N) is 3. The van der Waals surface area contributed by atoms with Crippen LogP contribution in [0.2, 0.25) is 0 Å². The zero-order valence-corrected chi connectivity index (χ0v) is 21.6. The van der Waals surface area contributed by atoms with E-state index < -0.39 is 0 Å². The number of hydrogen-bond acceptors (Lipinski definition) is 3. The summed E-state index contributed by atoms with van der Waals surface area (Å²) in [6, 6.07) is 26.9. The van der Waals surface area contributed by atoms with Gasteiger partial charge in [0.05, 0.1) is 0 Å². The molecule has 0 spiro atoms. The van der Waals surface area contributed by atoms with Crippen molar-refractivity contribution in [1.29, 1.82) is 0 Å². The summed E-state index contributed by atoms with van der Waals surface area (Å²) in [6.07, 6.45) is 7.35. The van der Waals surface area contributed by atoms with E-state index in [0.29, 0.717) is 6.54 Å². The lowest BCUT2D eigenvalue weighted by Crippen LogP contribution is -2.47. The van der Waals surface area contributed by atoms with Crippen molar-refractivity contribution in [1.82, 2.24) is 4.90 Å². The van der Waals surface area contributed by atoms with Crippen LogP contribution < -0.4 is 9.80 Å². The molecular weight excluding hydrogens is 458 g/mol. The van der Waals surface area contributed by atoms with Gasteiger partial charge in [0.2, 0.25) is 5.91 Å². The molecule has 0 aromatic heterocycles. The molecule has 0 radical (unpaired) electrons. The van der Waals surface area contributed by atoms with Crippen molar-refractivity contribution in [3.63, 3.8) is 0 Å². The van der Waals surface area contributed by atoms with E-state index in [0.717, 1.165) is 67.8 Å². The van der Waals surface area contributed by atoms with Crippen LogP contribution in [-0.2, 0) is 22.4 Å². The number of likely N-dealkylation sites (tertiary alicyclic amines) is 1. The first-order valence-corrected chi connectivity index (χ1v) is 13.3. The Balaban J connectivity index is 1.33. The van der Waals surface area contributed by atoms with E-state index in [9.17, 15) is 9.59 Å². The van der Waals surface area contributed by atoms with E-state index in [2.05, 4.69) is 41.3 Å². The average Bonchev–Trinajstić information content (AvgIpc) is 3.37. The average molecular weight is 494 g/mol. The van der Waals surface area contributed by atoms with Gasteiger partial charge in [0.25, 0.3) is 5.91 Å². The van der Waals surface area contributed by atoms with Gasteiger partial charge in [-0.1, -0.05) is 60.7 Å². The van der Waals surface area contributed by atoms with Crippen LogP contribution in [0, 0.1) is 0 Å². The molecule has 1 saturated heterocycles. The van der Waals surface area contributed by atoms with Crippen LogP contribution in [-0.4, -0.2) is 48.9 Å². The van der Waals surface area contributed by atoms with Crippen LogP contribution in [0.15, 0.2) is 84.9 Å². The molecule has 2 aliphatic rings. The van der Waals surface area contributed by atoms with Gasteiger partial charge >= 0.3 is 0 Å². The molecule has 2 amide bonds. The van der Waals surface area contributed by atoms with Crippen LogP contribution >= 0.6 is 0 Å². The van der Waals surface area contributed by atoms with Crippen molar-refractivity contribution in [2.24, 2.45) is 0 Å². The second kappa shape index (κ2) is 11.6. The summed E-state index contributed by atoms with van der Waals surface area (Å²) >= 11 is 0. The predicted octanol–water partition coefficient (Wildman–Crippen LogP) is 5.35. The molecule has 5 nitrogen and oxygen atoms in total. The number of hydrogen-bond donors (Lipinski definition) is 0. The molecule has 0 atom stereocenters. The Bertz CT molecular complexity index is 1250.